The van der Waals surface area contributed by atoms with Crippen LogP contribution in [0.1, 0.15) is 25.8 Å². The van der Waals surface area contributed by atoms with Crippen molar-refractivity contribution in [2.24, 2.45) is 10.9 Å². The van der Waals surface area contributed by atoms with E-state index in [1.165, 1.54) is 4.91 Å². The summed E-state index contributed by atoms with van der Waals surface area (Å²) in [6.45, 7) is 8.06. The highest BCUT2D eigenvalue weighted by Gasteiger charge is 2.12. The van der Waals surface area contributed by atoms with E-state index in [2.05, 4.69) is 41.5 Å². The van der Waals surface area contributed by atoms with Crippen molar-refractivity contribution >= 4 is 63.3 Å². The van der Waals surface area contributed by atoms with Crippen LogP contribution in [0, 0.1) is 5.92 Å². The molecule has 19 heavy (non-hydrogen) atoms. The molecule has 0 N–H and O–H groups in total. The Balaban J connectivity index is 3.26. The highest BCUT2D eigenvalue weighted by molar-refractivity contribution is 9.11. The molecule has 1 nitrogen and oxygen atoms in total. The number of hydrogen-bond acceptors (Lipinski definition) is 2. The fourth-order valence-corrected chi connectivity index (χ4v) is 3.67. The molecule has 0 unspecified atom stereocenters. The molecule has 1 rings (SSSR count). The molecule has 1 aromatic carbocycles. The fraction of sp³-hybridized carbons (Fsp3) is 0.357. The van der Waals surface area contributed by atoms with Gasteiger partial charge in [-0.15, -0.1) is 11.8 Å². The van der Waals surface area contributed by atoms with Gasteiger partial charge in [0.2, 0.25) is 0 Å². The molecule has 5 heteroatoms. The Hall–Kier alpha value is 0.0400. The van der Waals surface area contributed by atoms with Crippen LogP contribution in [0.25, 0.3) is 5.70 Å². The molecular weight excluding hydrogens is 365 g/mol. The lowest BCUT2D eigenvalue weighted by atomic mass is 10.1. The van der Waals surface area contributed by atoms with Crippen LogP contribution >= 0.6 is 50.9 Å². The highest BCUT2D eigenvalue weighted by Crippen LogP contribution is 2.35. The maximum absolute atomic E-state index is 6.07. The van der Waals surface area contributed by atoms with Gasteiger partial charge in [-0.2, -0.15) is 0 Å². The van der Waals surface area contributed by atoms with Gasteiger partial charge in [-0.1, -0.05) is 59.0 Å². The van der Waals surface area contributed by atoms with Crippen molar-refractivity contribution in [2.45, 2.75) is 20.3 Å². The van der Waals surface area contributed by atoms with Crippen LogP contribution in [0.4, 0.5) is 0 Å². The van der Waals surface area contributed by atoms with Gasteiger partial charge in [0.25, 0.3) is 0 Å². The number of allylic oxidation sites excluding steroid dienone is 1. The molecule has 0 saturated heterocycles. The van der Waals surface area contributed by atoms with E-state index in [9.17, 15) is 0 Å². The molecule has 0 fully saturated rings. The first kappa shape index (κ1) is 17.1. The van der Waals surface area contributed by atoms with Crippen LogP contribution < -0.4 is 0 Å². The van der Waals surface area contributed by atoms with Crippen LogP contribution in [0.2, 0.25) is 10.0 Å². The number of halogens is 3. The number of nitrogens with zero attached hydrogens (tertiary/aromatic N) is 1. The number of aliphatic imine (C=N–C) groups is 1. The molecule has 0 heterocycles. The second kappa shape index (κ2) is 8.35. The minimum absolute atomic E-state index is 0.535. The predicted molar refractivity (Wildman–Crippen MR) is 93.8 cm³/mol. The van der Waals surface area contributed by atoms with E-state index in [1.807, 2.05) is 12.1 Å². The lowest BCUT2D eigenvalue weighted by Crippen LogP contribution is -1.94. The Bertz CT molecular complexity index is 486. The molecular formula is C14H16BrCl2NS. The summed E-state index contributed by atoms with van der Waals surface area (Å²) in [6, 6.07) is 5.55. The molecule has 0 radical (unpaired) electrons. The van der Waals surface area contributed by atoms with E-state index in [1.54, 1.807) is 17.8 Å². The molecule has 0 atom stereocenters. The van der Waals surface area contributed by atoms with Crippen molar-refractivity contribution < 1.29 is 0 Å². The summed E-state index contributed by atoms with van der Waals surface area (Å²) in [5.41, 5.74) is 1.84. The van der Waals surface area contributed by atoms with Crippen molar-refractivity contribution in [2.75, 3.05) is 4.66 Å². The monoisotopic (exact) mass is 379 g/mol. The van der Waals surface area contributed by atoms with Gasteiger partial charge in [0.1, 0.15) is 0 Å². The predicted octanol–water partition coefficient (Wildman–Crippen LogP) is 6.49. The molecule has 0 aromatic heterocycles. The molecule has 104 valence electrons. The van der Waals surface area contributed by atoms with Gasteiger partial charge >= 0.3 is 0 Å². The Morgan fingerprint density at radius 3 is 2.53 bits per heavy atom. The first-order valence-electron chi connectivity index (χ1n) is 5.83. The first-order chi connectivity index (χ1) is 8.99. The minimum atomic E-state index is 0.535. The molecule has 1 aromatic rings. The summed E-state index contributed by atoms with van der Waals surface area (Å²) >= 11 is 17.2. The Kier molecular flexibility index (Phi) is 7.52. The zero-order valence-corrected chi connectivity index (χ0v) is 14.8. The SMILES string of the molecule is C=N/C(=C(/CC(C)C)SCBr)c1ccc(Cl)c(Cl)c1. The number of hydrogen-bond donors (Lipinski definition) is 0. The highest BCUT2D eigenvalue weighted by atomic mass is 79.9. The molecule has 0 aliphatic heterocycles. The summed E-state index contributed by atoms with van der Waals surface area (Å²) < 4.78 is 0.829. The number of rotatable bonds is 6. The maximum Gasteiger partial charge on any atom is 0.0790 e. The van der Waals surface area contributed by atoms with Gasteiger partial charge in [0, 0.05) is 10.5 Å². The van der Waals surface area contributed by atoms with Crippen molar-refractivity contribution in [1.82, 2.24) is 0 Å². The van der Waals surface area contributed by atoms with Crippen molar-refractivity contribution in [3.05, 3.63) is 38.7 Å². The third-order valence-corrected chi connectivity index (χ3v) is 4.68. The Morgan fingerprint density at radius 2 is 2.05 bits per heavy atom. The summed E-state index contributed by atoms with van der Waals surface area (Å²) in [5.74, 6) is 0.557. The largest absolute Gasteiger partial charge is 0.263 e. The smallest absolute Gasteiger partial charge is 0.0790 e. The van der Waals surface area contributed by atoms with Crippen molar-refractivity contribution in [3.8, 4) is 0 Å². The van der Waals surface area contributed by atoms with E-state index in [0.29, 0.717) is 16.0 Å². The molecule has 0 aliphatic rings. The van der Waals surface area contributed by atoms with Gasteiger partial charge in [-0.05, 0) is 31.2 Å². The van der Waals surface area contributed by atoms with E-state index in [-0.39, 0.29) is 0 Å². The summed E-state index contributed by atoms with van der Waals surface area (Å²) in [4.78, 5) is 5.40. The Labute approximate surface area is 137 Å². The zero-order chi connectivity index (χ0) is 14.4. The summed E-state index contributed by atoms with van der Waals surface area (Å²) in [5, 5.41) is 1.08. The molecule has 0 saturated carbocycles. The average Bonchev–Trinajstić information content (AvgIpc) is 2.34. The average molecular weight is 381 g/mol. The molecule has 0 aliphatic carbocycles. The third kappa shape index (κ3) is 5.14. The lowest BCUT2D eigenvalue weighted by Gasteiger charge is -2.13. The van der Waals surface area contributed by atoms with Gasteiger partial charge in [-0.3, -0.25) is 4.99 Å². The number of thioether (sulfide) groups is 1. The first-order valence-corrected chi connectivity index (χ1v) is 8.70. The van der Waals surface area contributed by atoms with Crippen LogP contribution in [0.3, 0.4) is 0 Å². The summed E-state index contributed by atoms with van der Waals surface area (Å²) in [7, 11) is 0. The van der Waals surface area contributed by atoms with Gasteiger partial charge in [0.15, 0.2) is 0 Å². The molecule has 0 spiro atoms. The summed E-state index contributed by atoms with van der Waals surface area (Å²) in [6.07, 6.45) is 0.963. The third-order valence-electron chi connectivity index (χ3n) is 2.44. The molecule has 0 bridgehead atoms. The van der Waals surface area contributed by atoms with Gasteiger partial charge in [0.05, 0.1) is 20.4 Å². The fourth-order valence-electron chi connectivity index (χ4n) is 1.64. The normalized spacial score (nSPS) is 12.5. The number of benzene rings is 1. The van der Waals surface area contributed by atoms with Crippen LogP contribution in [0.5, 0.6) is 0 Å². The second-order valence-electron chi connectivity index (χ2n) is 4.41. The van der Waals surface area contributed by atoms with Crippen LogP contribution in [0.15, 0.2) is 28.1 Å². The standard InChI is InChI=1S/C14H16BrCl2NS/c1-9(2)6-13(19-8-15)14(18-3)10-4-5-11(16)12(17)7-10/h4-5,7,9H,3,6,8H2,1-2H3/b14-13-. The van der Waals surface area contributed by atoms with E-state index in [4.69, 9.17) is 23.2 Å². The van der Waals surface area contributed by atoms with Crippen LogP contribution in [-0.4, -0.2) is 11.4 Å². The van der Waals surface area contributed by atoms with Crippen LogP contribution in [-0.2, 0) is 0 Å². The van der Waals surface area contributed by atoms with E-state index >= 15 is 0 Å². The van der Waals surface area contributed by atoms with Crippen molar-refractivity contribution in [3.63, 3.8) is 0 Å². The zero-order valence-electron chi connectivity index (χ0n) is 10.9. The second-order valence-corrected chi connectivity index (χ2v) is 7.60. The lowest BCUT2D eigenvalue weighted by molar-refractivity contribution is 0.659. The quantitative estimate of drug-likeness (QED) is 0.405. The number of alkyl halides is 1. The van der Waals surface area contributed by atoms with Crippen molar-refractivity contribution in [1.29, 1.82) is 0 Å². The van der Waals surface area contributed by atoms with Gasteiger partial charge < -0.3 is 0 Å². The maximum atomic E-state index is 6.07. The minimum Gasteiger partial charge on any atom is -0.263 e. The topological polar surface area (TPSA) is 12.4 Å². The molecule has 0 amide bonds. The van der Waals surface area contributed by atoms with Gasteiger partial charge in [-0.25, -0.2) is 0 Å². The Morgan fingerprint density at radius 1 is 1.37 bits per heavy atom. The van der Waals surface area contributed by atoms with E-state index < -0.39 is 0 Å². The van der Waals surface area contributed by atoms with E-state index in [0.717, 1.165) is 22.3 Å².